The van der Waals surface area contributed by atoms with E-state index in [4.69, 9.17) is 5.11 Å². The first-order chi connectivity index (χ1) is 7.42. The first-order valence-electron chi connectivity index (χ1n) is 5.01. The highest BCUT2D eigenvalue weighted by Crippen LogP contribution is 2.21. The maximum absolute atomic E-state index is 12.0. The average Bonchev–Trinajstić information content (AvgIpc) is 2.20. The molecule has 0 saturated carbocycles. The van der Waals surface area contributed by atoms with Crippen molar-refractivity contribution in [2.24, 2.45) is 0 Å². The van der Waals surface area contributed by atoms with Crippen LogP contribution in [0.15, 0.2) is 24.3 Å². The number of benzene rings is 1. The van der Waals surface area contributed by atoms with Crippen LogP contribution in [-0.2, 0) is 0 Å². The van der Waals surface area contributed by atoms with Gasteiger partial charge in [0.25, 0.3) is 0 Å². The van der Waals surface area contributed by atoms with Crippen molar-refractivity contribution in [3.05, 3.63) is 29.8 Å². The number of phenolic OH excluding ortho intramolecular Hbond substituents is 1. The lowest BCUT2D eigenvalue weighted by molar-refractivity contribution is -0.126. The topological polar surface area (TPSA) is 32.3 Å². The fourth-order valence-electron chi connectivity index (χ4n) is 1.44. The highest BCUT2D eigenvalue weighted by molar-refractivity contribution is 5.27. The molecule has 0 fully saturated rings. The van der Waals surface area contributed by atoms with Crippen LogP contribution in [0.5, 0.6) is 5.75 Å². The van der Waals surface area contributed by atoms with Crippen molar-refractivity contribution < 1.29 is 18.3 Å². The van der Waals surface area contributed by atoms with Gasteiger partial charge in [0.15, 0.2) is 0 Å². The molecule has 2 N–H and O–H groups in total. The summed E-state index contributed by atoms with van der Waals surface area (Å²) in [6.07, 6.45) is -3.65. The summed E-state index contributed by atoms with van der Waals surface area (Å²) in [6.45, 7) is 0.799. The molecule has 1 unspecified atom stereocenters. The summed E-state index contributed by atoms with van der Waals surface area (Å²) in [5, 5.41) is 11.5. The standard InChI is InChI=1S/C11H14F3NO/c1-2-10(15-7-11(12,13)14)8-3-5-9(16)6-4-8/h3-6,10,15-16H,2,7H2,1H3. The summed E-state index contributed by atoms with van der Waals surface area (Å²) in [6, 6.07) is 5.82. The molecule has 0 aromatic heterocycles. The molecular formula is C11H14F3NO. The third-order valence-corrected chi connectivity index (χ3v) is 2.25. The molecule has 5 heteroatoms. The lowest BCUT2D eigenvalue weighted by atomic mass is 10.0. The maximum Gasteiger partial charge on any atom is 0.401 e. The number of hydrogen-bond donors (Lipinski definition) is 2. The summed E-state index contributed by atoms with van der Waals surface area (Å²) in [5.41, 5.74) is 0.740. The van der Waals surface area contributed by atoms with E-state index in [1.54, 1.807) is 19.1 Å². The van der Waals surface area contributed by atoms with Crippen molar-refractivity contribution in [1.82, 2.24) is 5.32 Å². The van der Waals surface area contributed by atoms with Crippen LogP contribution in [0.2, 0.25) is 0 Å². The summed E-state index contributed by atoms with van der Waals surface area (Å²) >= 11 is 0. The zero-order valence-corrected chi connectivity index (χ0v) is 8.88. The van der Waals surface area contributed by atoms with Crippen molar-refractivity contribution >= 4 is 0 Å². The fraction of sp³-hybridized carbons (Fsp3) is 0.455. The maximum atomic E-state index is 12.0. The molecule has 90 valence electrons. The van der Waals surface area contributed by atoms with E-state index in [-0.39, 0.29) is 11.8 Å². The van der Waals surface area contributed by atoms with Gasteiger partial charge < -0.3 is 10.4 Å². The van der Waals surface area contributed by atoms with Crippen molar-refractivity contribution in [2.75, 3.05) is 6.54 Å². The summed E-state index contributed by atoms with van der Waals surface area (Å²) in [5.74, 6) is 0.106. The molecule has 16 heavy (non-hydrogen) atoms. The van der Waals surface area contributed by atoms with Gasteiger partial charge in [0.05, 0.1) is 6.54 Å². The van der Waals surface area contributed by atoms with Crippen molar-refractivity contribution in [1.29, 1.82) is 0 Å². The lowest BCUT2D eigenvalue weighted by Gasteiger charge is -2.18. The van der Waals surface area contributed by atoms with Gasteiger partial charge in [0.1, 0.15) is 5.75 Å². The largest absolute Gasteiger partial charge is 0.508 e. The number of halogens is 3. The van der Waals surface area contributed by atoms with Gasteiger partial charge >= 0.3 is 6.18 Å². The number of nitrogens with one attached hydrogen (secondary N) is 1. The van der Waals surface area contributed by atoms with Gasteiger partial charge in [-0.3, -0.25) is 0 Å². The number of hydrogen-bond acceptors (Lipinski definition) is 2. The van der Waals surface area contributed by atoms with Gasteiger partial charge in [-0.2, -0.15) is 13.2 Å². The molecular weight excluding hydrogens is 219 g/mol. The number of rotatable bonds is 4. The SMILES string of the molecule is CCC(NCC(F)(F)F)c1ccc(O)cc1. The number of phenols is 1. The summed E-state index contributed by atoms with van der Waals surface area (Å²) in [4.78, 5) is 0. The van der Waals surface area contributed by atoms with E-state index in [1.807, 2.05) is 0 Å². The van der Waals surface area contributed by atoms with Crippen molar-refractivity contribution in [2.45, 2.75) is 25.6 Å². The molecule has 0 heterocycles. The first-order valence-corrected chi connectivity index (χ1v) is 5.01. The normalized spacial score (nSPS) is 13.8. The molecule has 0 spiro atoms. The first kappa shape index (κ1) is 12.8. The molecule has 0 bridgehead atoms. The molecule has 0 aliphatic carbocycles. The minimum atomic E-state index is -4.20. The Labute approximate surface area is 92.1 Å². The monoisotopic (exact) mass is 233 g/mol. The smallest absolute Gasteiger partial charge is 0.401 e. The molecule has 0 amide bonds. The Hall–Kier alpha value is -1.23. The molecule has 1 atom stereocenters. The Morgan fingerprint density at radius 3 is 2.25 bits per heavy atom. The Balaban J connectivity index is 2.64. The van der Waals surface area contributed by atoms with Gasteiger partial charge in [-0.05, 0) is 24.1 Å². The molecule has 1 rings (SSSR count). The van der Waals surface area contributed by atoms with Crippen LogP contribution >= 0.6 is 0 Å². The highest BCUT2D eigenvalue weighted by Gasteiger charge is 2.27. The molecule has 0 saturated heterocycles. The van der Waals surface area contributed by atoms with Crippen LogP contribution in [0.1, 0.15) is 24.9 Å². The predicted octanol–water partition coefficient (Wildman–Crippen LogP) is 3.00. The van der Waals surface area contributed by atoms with Crippen LogP contribution < -0.4 is 5.32 Å². The van der Waals surface area contributed by atoms with Crippen LogP contribution in [-0.4, -0.2) is 17.8 Å². The van der Waals surface area contributed by atoms with Gasteiger partial charge in [0, 0.05) is 6.04 Å². The fourth-order valence-corrected chi connectivity index (χ4v) is 1.44. The predicted molar refractivity (Wildman–Crippen MR) is 55.2 cm³/mol. The lowest BCUT2D eigenvalue weighted by Crippen LogP contribution is -2.31. The zero-order valence-electron chi connectivity index (χ0n) is 8.88. The van der Waals surface area contributed by atoms with Crippen LogP contribution in [0, 0.1) is 0 Å². The Kier molecular flexibility index (Phi) is 4.18. The van der Waals surface area contributed by atoms with E-state index in [9.17, 15) is 13.2 Å². The molecule has 0 aliphatic rings. The average molecular weight is 233 g/mol. The molecule has 1 aromatic carbocycles. The Bertz CT molecular complexity index is 321. The zero-order chi connectivity index (χ0) is 12.2. The van der Waals surface area contributed by atoms with Crippen LogP contribution in [0.3, 0.4) is 0 Å². The number of alkyl halides is 3. The van der Waals surface area contributed by atoms with Crippen molar-refractivity contribution in [3.63, 3.8) is 0 Å². The third kappa shape index (κ3) is 4.10. The molecule has 0 aliphatic heterocycles. The van der Waals surface area contributed by atoms with E-state index in [0.717, 1.165) is 5.56 Å². The second-order valence-electron chi connectivity index (χ2n) is 3.55. The van der Waals surface area contributed by atoms with E-state index >= 15 is 0 Å². The molecule has 1 aromatic rings. The van der Waals surface area contributed by atoms with E-state index < -0.39 is 12.7 Å². The van der Waals surface area contributed by atoms with Crippen molar-refractivity contribution in [3.8, 4) is 5.75 Å². The van der Waals surface area contributed by atoms with Crippen LogP contribution in [0.4, 0.5) is 13.2 Å². The molecule has 2 nitrogen and oxygen atoms in total. The second kappa shape index (κ2) is 5.21. The highest BCUT2D eigenvalue weighted by atomic mass is 19.4. The number of aromatic hydroxyl groups is 1. The van der Waals surface area contributed by atoms with Gasteiger partial charge in [-0.25, -0.2) is 0 Å². The van der Waals surface area contributed by atoms with E-state index in [1.165, 1.54) is 12.1 Å². The minimum absolute atomic E-state index is 0.106. The summed E-state index contributed by atoms with van der Waals surface area (Å²) in [7, 11) is 0. The second-order valence-corrected chi connectivity index (χ2v) is 3.55. The quantitative estimate of drug-likeness (QED) is 0.837. The Morgan fingerprint density at radius 2 is 1.81 bits per heavy atom. The van der Waals surface area contributed by atoms with Gasteiger partial charge in [0.2, 0.25) is 0 Å². The minimum Gasteiger partial charge on any atom is -0.508 e. The van der Waals surface area contributed by atoms with Crippen LogP contribution in [0.25, 0.3) is 0 Å². The summed E-state index contributed by atoms with van der Waals surface area (Å²) < 4.78 is 36.1. The van der Waals surface area contributed by atoms with E-state index in [0.29, 0.717) is 6.42 Å². The molecule has 0 radical (unpaired) electrons. The third-order valence-electron chi connectivity index (χ3n) is 2.25. The van der Waals surface area contributed by atoms with Gasteiger partial charge in [-0.15, -0.1) is 0 Å². The van der Waals surface area contributed by atoms with E-state index in [2.05, 4.69) is 5.32 Å². The van der Waals surface area contributed by atoms with Gasteiger partial charge in [-0.1, -0.05) is 19.1 Å². The Morgan fingerprint density at radius 1 is 1.25 bits per heavy atom.